The lowest BCUT2D eigenvalue weighted by molar-refractivity contribution is 0.0930. The van der Waals surface area contributed by atoms with Gasteiger partial charge in [-0.25, -0.2) is 8.42 Å². The molecule has 0 saturated heterocycles. The minimum atomic E-state index is -3.86. The standard InChI is InChI=1S/C31H30ClN3O4S/c1-2-39-28-14-16-29(17-15-28)40(37,38)35(22-27-5-3-4-20-33-27)21-23-6-8-24(9-7-23)30(36)34-31(18-19-31)25-10-12-26(32)13-11-25/h3-17,20H,2,18-19,21-22H2,1H3,(H,34,36). The van der Waals surface area contributed by atoms with Gasteiger partial charge in [-0.1, -0.05) is 41.9 Å². The predicted molar refractivity (Wildman–Crippen MR) is 155 cm³/mol. The number of benzene rings is 3. The van der Waals surface area contributed by atoms with Crippen LogP contribution in [0.2, 0.25) is 5.02 Å². The first kappa shape index (κ1) is 27.8. The summed E-state index contributed by atoms with van der Waals surface area (Å²) in [6, 6.07) is 26.4. The molecule has 4 aromatic rings. The minimum absolute atomic E-state index is 0.0994. The SMILES string of the molecule is CCOc1ccc(S(=O)(=O)N(Cc2ccc(C(=O)NC3(c4ccc(Cl)cc4)CC3)cc2)Cc2ccccn2)cc1. The van der Waals surface area contributed by atoms with E-state index in [9.17, 15) is 13.2 Å². The lowest BCUT2D eigenvalue weighted by atomic mass is 10.0. The number of rotatable bonds is 11. The van der Waals surface area contributed by atoms with Gasteiger partial charge in [0.1, 0.15) is 5.75 Å². The van der Waals surface area contributed by atoms with E-state index in [1.807, 2.05) is 37.3 Å². The molecule has 0 bridgehead atoms. The fourth-order valence-electron chi connectivity index (χ4n) is 4.56. The lowest BCUT2D eigenvalue weighted by Gasteiger charge is -2.22. The van der Waals surface area contributed by atoms with Gasteiger partial charge >= 0.3 is 0 Å². The van der Waals surface area contributed by atoms with Crippen LogP contribution in [-0.4, -0.2) is 30.2 Å². The molecule has 0 atom stereocenters. The molecular weight excluding hydrogens is 546 g/mol. The molecule has 9 heteroatoms. The molecule has 1 aliphatic rings. The number of pyridine rings is 1. The van der Waals surface area contributed by atoms with Crippen LogP contribution in [0.5, 0.6) is 5.75 Å². The van der Waals surface area contributed by atoms with Crippen LogP contribution in [0.4, 0.5) is 0 Å². The van der Waals surface area contributed by atoms with E-state index >= 15 is 0 Å². The Kier molecular flexibility index (Phi) is 8.21. The van der Waals surface area contributed by atoms with Crippen molar-refractivity contribution >= 4 is 27.5 Å². The van der Waals surface area contributed by atoms with Gasteiger partial charge in [-0.05, 0) is 91.6 Å². The third-order valence-corrected chi connectivity index (χ3v) is 8.97. The van der Waals surface area contributed by atoms with E-state index in [0.717, 1.165) is 24.0 Å². The fourth-order valence-corrected chi connectivity index (χ4v) is 6.08. The van der Waals surface area contributed by atoms with E-state index in [1.165, 1.54) is 4.31 Å². The van der Waals surface area contributed by atoms with Gasteiger partial charge < -0.3 is 10.1 Å². The Morgan fingerprint density at radius 2 is 1.65 bits per heavy atom. The van der Waals surface area contributed by atoms with Crippen LogP contribution in [0.15, 0.2) is 102 Å². The van der Waals surface area contributed by atoms with Crippen molar-refractivity contribution in [2.24, 2.45) is 0 Å². The zero-order valence-electron chi connectivity index (χ0n) is 22.1. The van der Waals surface area contributed by atoms with Crippen molar-refractivity contribution in [3.05, 3.63) is 125 Å². The van der Waals surface area contributed by atoms with Crippen LogP contribution in [0.25, 0.3) is 0 Å². The number of aromatic nitrogens is 1. The van der Waals surface area contributed by atoms with E-state index in [2.05, 4.69) is 10.3 Å². The highest BCUT2D eigenvalue weighted by atomic mass is 35.5. The van der Waals surface area contributed by atoms with Crippen LogP contribution in [0.3, 0.4) is 0 Å². The summed E-state index contributed by atoms with van der Waals surface area (Å²) in [6.45, 7) is 2.58. The Labute approximate surface area is 239 Å². The molecule has 1 aliphatic carbocycles. The summed E-state index contributed by atoms with van der Waals surface area (Å²) >= 11 is 6.02. The Bertz CT molecular complexity index is 1560. The first-order chi connectivity index (χ1) is 19.3. The zero-order chi connectivity index (χ0) is 28.2. The van der Waals surface area contributed by atoms with Crippen molar-refractivity contribution in [3.63, 3.8) is 0 Å². The van der Waals surface area contributed by atoms with Crippen LogP contribution in [-0.2, 0) is 28.7 Å². The summed E-state index contributed by atoms with van der Waals surface area (Å²) < 4.78 is 34.2. The minimum Gasteiger partial charge on any atom is -0.494 e. The van der Waals surface area contributed by atoms with Gasteiger partial charge in [-0.15, -0.1) is 0 Å². The van der Waals surface area contributed by atoms with Crippen LogP contribution >= 0.6 is 11.6 Å². The monoisotopic (exact) mass is 575 g/mol. The molecule has 0 unspecified atom stereocenters. The van der Waals surface area contributed by atoms with Gasteiger partial charge in [0.15, 0.2) is 0 Å². The number of hydrogen-bond acceptors (Lipinski definition) is 5. The average Bonchev–Trinajstić information content (AvgIpc) is 3.75. The summed E-state index contributed by atoms with van der Waals surface area (Å²) in [5.41, 5.74) is 2.55. The molecule has 5 rings (SSSR count). The lowest BCUT2D eigenvalue weighted by Crippen LogP contribution is -2.34. The molecule has 0 aliphatic heterocycles. The molecule has 40 heavy (non-hydrogen) atoms. The summed E-state index contributed by atoms with van der Waals surface area (Å²) in [5, 5.41) is 3.82. The molecule has 7 nitrogen and oxygen atoms in total. The quantitative estimate of drug-likeness (QED) is 0.239. The second kappa shape index (κ2) is 11.8. The van der Waals surface area contributed by atoms with E-state index < -0.39 is 10.0 Å². The highest BCUT2D eigenvalue weighted by molar-refractivity contribution is 7.89. The molecule has 1 aromatic heterocycles. The van der Waals surface area contributed by atoms with Crippen LogP contribution < -0.4 is 10.1 Å². The van der Waals surface area contributed by atoms with Crippen LogP contribution in [0, 0.1) is 0 Å². The molecule has 0 spiro atoms. The smallest absolute Gasteiger partial charge is 0.251 e. The molecule has 0 radical (unpaired) electrons. The molecule has 1 N–H and O–H groups in total. The van der Waals surface area contributed by atoms with E-state index in [-0.39, 0.29) is 29.4 Å². The van der Waals surface area contributed by atoms with E-state index in [4.69, 9.17) is 16.3 Å². The van der Waals surface area contributed by atoms with Crippen molar-refractivity contribution in [2.45, 2.75) is 43.3 Å². The highest BCUT2D eigenvalue weighted by Crippen LogP contribution is 2.45. The van der Waals surface area contributed by atoms with Crippen molar-refractivity contribution in [2.75, 3.05) is 6.61 Å². The number of carbonyl (C=O) groups is 1. The first-order valence-corrected chi connectivity index (χ1v) is 14.9. The van der Waals surface area contributed by atoms with Crippen molar-refractivity contribution in [1.29, 1.82) is 0 Å². The molecule has 3 aromatic carbocycles. The molecule has 1 amide bonds. The number of nitrogens with zero attached hydrogens (tertiary/aromatic N) is 2. The second-order valence-electron chi connectivity index (χ2n) is 9.74. The summed E-state index contributed by atoms with van der Waals surface area (Å²) in [7, 11) is -3.86. The number of nitrogens with one attached hydrogen (secondary N) is 1. The number of ether oxygens (including phenoxy) is 1. The molecular formula is C31H30ClN3O4S. The van der Waals surface area contributed by atoms with Crippen molar-refractivity contribution in [1.82, 2.24) is 14.6 Å². The van der Waals surface area contributed by atoms with Gasteiger partial charge in [0, 0.05) is 23.3 Å². The summed E-state index contributed by atoms with van der Waals surface area (Å²) in [4.78, 5) is 17.6. The maximum absolute atomic E-state index is 13.7. The van der Waals surface area contributed by atoms with Gasteiger partial charge in [0.2, 0.25) is 10.0 Å². The summed E-state index contributed by atoms with van der Waals surface area (Å²) in [6.07, 6.45) is 3.37. The van der Waals surface area contributed by atoms with Crippen LogP contribution in [0.1, 0.15) is 46.9 Å². The predicted octanol–water partition coefficient (Wildman–Crippen LogP) is 5.94. The zero-order valence-corrected chi connectivity index (χ0v) is 23.7. The van der Waals surface area contributed by atoms with E-state index in [1.54, 1.807) is 66.9 Å². The Morgan fingerprint density at radius 3 is 2.25 bits per heavy atom. The molecule has 1 fully saturated rings. The number of amides is 1. The van der Waals surface area contributed by atoms with Gasteiger partial charge in [-0.3, -0.25) is 9.78 Å². The first-order valence-electron chi connectivity index (χ1n) is 13.1. The maximum atomic E-state index is 13.7. The van der Waals surface area contributed by atoms with Gasteiger partial charge in [0.05, 0.1) is 29.3 Å². The topological polar surface area (TPSA) is 88.6 Å². The highest BCUT2D eigenvalue weighted by Gasteiger charge is 2.45. The number of hydrogen-bond donors (Lipinski definition) is 1. The second-order valence-corrected chi connectivity index (χ2v) is 12.1. The maximum Gasteiger partial charge on any atom is 0.251 e. The number of halogens is 1. The average molecular weight is 576 g/mol. The Morgan fingerprint density at radius 1 is 0.950 bits per heavy atom. The largest absolute Gasteiger partial charge is 0.494 e. The fraction of sp³-hybridized carbons (Fsp3) is 0.226. The molecule has 1 heterocycles. The Hall–Kier alpha value is -3.72. The normalized spacial score (nSPS) is 14.1. The van der Waals surface area contributed by atoms with E-state index in [0.29, 0.717) is 28.6 Å². The number of sulfonamides is 1. The number of carbonyl (C=O) groups excluding carboxylic acids is 1. The molecule has 206 valence electrons. The Balaban J connectivity index is 1.33. The molecule has 1 saturated carbocycles. The van der Waals surface area contributed by atoms with Gasteiger partial charge in [0.25, 0.3) is 5.91 Å². The van der Waals surface area contributed by atoms with Crippen molar-refractivity contribution in [3.8, 4) is 5.75 Å². The summed E-state index contributed by atoms with van der Waals surface area (Å²) in [5.74, 6) is 0.432. The van der Waals surface area contributed by atoms with Gasteiger partial charge in [-0.2, -0.15) is 4.31 Å². The third-order valence-electron chi connectivity index (χ3n) is 6.91. The van der Waals surface area contributed by atoms with Crippen molar-refractivity contribution < 1.29 is 17.9 Å². The third kappa shape index (κ3) is 6.36.